The van der Waals surface area contributed by atoms with Crippen LogP contribution in [0.25, 0.3) is 0 Å². The molecule has 0 unspecified atom stereocenters. The fourth-order valence-electron chi connectivity index (χ4n) is 1.24. The van der Waals surface area contributed by atoms with E-state index < -0.39 is 0 Å². The van der Waals surface area contributed by atoms with Crippen LogP contribution in [0.5, 0.6) is 5.75 Å². The Labute approximate surface area is 109 Å². The molecule has 0 aliphatic carbocycles. The Morgan fingerprint density at radius 2 is 2.06 bits per heavy atom. The number of ether oxygens (including phenoxy) is 1. The first-order chi connectivity index (χ1) is 7.84. The highest BCUT2D eigenvalue weighted by molar-refractivity contribution is 9.10. The Morgan fingerprint density at radius 3 is 2.81 bits per heavy atom. The van der Waals surface area contributed by atoms with Crippen molar-refractivity contribution in [1.29, 1.82) is 5.26 Å². The molecule has 0 saturated heterocycles. The second-order valence-corrected chi connectivity index (χ2v) is 5.01. The summed E-state index contributed by atoms with van der Waals surface area (Å²) in [6, 6.07) is 7.86. The number of thiocyanates is 1. The molecule has 0 fully saturated rings. The zero-order chi connectivity index (χ0) is 11.6. The maximum Gasteiger partial charge on any atom is 0.133 e. The largest absolute Gasteiger partial charge is 0.492 e. The molecule has 86 valence electrons. The quantitative estimate of drug-likeness (QED) is 0.558. The number of para-hydroxylation sites is 1. The van der Waals surface area contributed by atoms with Gasteiger partial charge in [0.05, 0.1) is 11.1 Å². The molecule has 2 nitrogen and oxygen atoms in total. The highest BCUT2D eigenvalue weighted by atomic mass is 79.9. The predicted octanol–water partition coefficient (Wildman–Crippen LogP) is 4.21. The van der Waals surface area contributed by atoms with Crippen LogP contribution in [-0.2, 0) is 0 Å². The van der Waals surface area contributed by atoms with Gasteiger partial charge in [0.25, 0.3) is 0 Å². The van der Waals surface area contributed by atoms with E-state index in [1.165, 1.54) is 11.8 Å². The van der Waals surface area contributed by atoms with Crippen molar-refractivity contribution in [2.24, 2.45) is 0 Å². The van der Waals surface area contributed by atoms with E-state index in [1.54, 1.807) is 0 Å². The molecule has 0 aromatic heterocycles. The number of benzene rings is 1. The standard InChI is InChI=1S/C12H14BrNOS/c13-11-6-2-3-7-12(11)15-8-4-1-5-9-16-10-14/h2-3,6-7H,1,4-5,8-9H2. The second-order valence-electron chi connectivity index (χ2n) is 3.28. The fourth-order valence-corrected chi connectivity index (χ4v) is 2.08. The third-order valence-electron chi connectivity index (χ3n) is 2.05. The molecule has 0 spiro atoms. The van der Waals surface area contributed by atoms with Gasteiger partial charge in [-0.2, -0.15) is 5.26 Å². The van der Waals surface area contributed by atoms with E-state index in [0.29, 0.717) is 0 Å². The van der Waals surface area contributed by atoms with E-state index in [2.05, 4.69) is 21.3 Å². The summed E-state index contributed by atoms with van der Waals surface area (Å²) >= 11 is 4.76. The van der Waals surface area contributed by atoms with Gasteiger partial charge in [0.2, 0.25) is 0 Å². The number of halogens is 1. The van der Waals surface area contributed by atoms with Crippen molar-refractivity contribution < 1.29 is 4.74 Å². The smallest absolute Gasteiger partial charge is 0.133 e. The van der Waals surface area contributed by atoms with Gasteiger partial charge in [0.15, 0.2) is 0 Å². The van der Waals surface area contributed by atoms with Crippen molar-refractivity contribution >= 4 is 27.7 Å². The third-order valence-corrected chi connectivity index (χ3v) is 3.33. The average Bonchev–Trinajstić information content (AvgIpc) is 2.30. The molecule has 1 rings (SSSR count). The molecule has 0 saturated carbocycles. The molecule has 0 aliphatic heterocycles. The highest BCUT2D eigenvalue weighted by Gasteiger charge is 1.98. The van der Waals surface area contributed by atoms with Crippen LogP contribution >= 0.6 is 27.7 Å². The van der Waals surface area contributed by atoms with E-state index in [1.807, 2.05) is 24.3 Å². The molecule has 0 radical (unpaired) electrons. The first-order valence-electron chi connectivity index (χ1n) is 5.23. The van der Waals surface area contributed by atoms with Crippen LogP contribution in [0.3, 0.4) is 0 Å². The van der Waals surface area contributed by atoms with Crippen molar-refractivity contribution in [3.05, 3.63) is 28.7 Å². The lowest BCUT2D eigenvalue weighted by atomic mass is 10.3. The fraction of sp³-hybridized carbons (Fsp3) is 0.417. The zero-order valence-corrected chi connectivity index (χ0v) is 11.4. The molecule has 1 aromatic carbocycles. The molecule has 1 aromatic rings. The third kappa shape index (κ3) is 5.43. The molecule has 0 bridgehead atoms. The van der Waals surface area contributed by atoms with E-state index >= 15 is 0 Å². The topological polar surface area (TPSA) is 33.0 Å². The van der Waals surface area contributed by atoms with Gasteiger partial charge in [0, 0.05) is 5.75 Å². The zero-order valence-electron chi connectivity index (χ0n) is 8.99. The van der Waals surface area contributed by atoms with E-state index in [9.17, 15) is 0 Å². The van der Waals surface area contributed by atoms with E-state index in [0.717, 1.165) is 41.8 Å². The minimum Gasteiger partial charge on any atom is -0.492 e. The minimum atomic E-state index is 0.736. The summed E-state index contributed by atoms with van der Waals surface area (Å²) in [5.74, 6) is 1.82. The summed E-state index contributed by atoms with van der Waals surface area (Å²) in [5.41, 5.74) is 0. The van der Waals surface area contributed by atoms with Gasteiger partial charge in [0.1, 0.15) is 11.2 Å². The van der Waals surface area contributed by atoms with Crippen LogP contribution in [-0.4, -0.2) is 12.4 Å². The summed E-state index contributed by atoms with van der Waals surface area (Å²) < 4.78 is 6.62. The Morgan fingerprint density at radius 1 is 1.25 bits per heavy atom. The van der Waals surface area contributed by atoms with E-state index in [-0.39, 0.29) is 0 Å². The van der Waals surface area contributed by atoms with Crippen molar-refractivity contribution in [3.63, 3.8) is 0 Å². The first-order valence-corrected chi connectivity index (χ1v) is 7.00. The van der Waals surface area contributed by atoms with E-state index in [4.69, 9.17) is 10.00 Å². The van der Waals surface area contributed by atoms with Crippen LogP contribution in [0.1, 0.15) is 19.3 Å². The monoisotopic (exact) mass is 299 g/mol. The Balaban J connectivity index is 2.08. The first kappa shape index (κ1) is 13.4. The lowest BCUT2D eigenvalue weighted by Crippen LogP contribution is -1.98. The summed E-state index contributed by atoms with van der Waals surface area (Å²) in [7, 11) is 0. The number of thioether (sulfide) groups is 1. The van der Waals surface area contributed by atoms with Crippen molar-refractivity contribution in [1.82, 2.24) is 0 Å². The van der Waals surface area contributed by atoms with Gasteiger partial charge in [-0.15, -0.1) is 0 Å². The van der Waals surface area contributed by atoms with Gasteiger partial charge in [-0.25, -0.2) is 0 Å². The minimum absolute atomic E-state index is 0.736. The number of hydrogen-bond donors (Lipinski definition) is 0. The van der Waals surface area contributed by atoms with Crippen LogP contribution in [0.4, 0.5) is 0 Å². The maximum atomic E-state index is 8.33. The number of nitrogens with zero attached hydrogens (tertiary/aromatic N) is 1. The van der Waals surface area contributed by atoms with Crippen molar-refractivity contribution in [2.45, 2.75) is 19.3 Å². The predicted molar refractivity (Wildman–Crippen MR) is 71.6 cm³/mol. The molecule has 4 heteroatoms. The van der Waals surface area contributed by atoms with Crippen LogP contribution in [0, 0.1) is 10.7 Å². The van der Waals surface area contributed by atoms with Crippen LogP contribution in [0.15, 0.2) is 28.7 Å². The molecule has 0 atom stereocenters. The van der Waals surface area contributed by atoms with Crippen LogP contribution in [0.2, 0.25) is 0 Å². The molecule has 0 heterocycles. The van der Waals surface area contributed by atoms with Crippen LogP contribution < -0.4 is 4.74 Å². The number of nitriles is 1. The Kier molecular flexibility index (Phi) is 7.11. The molecule has 0 amide bonds. The van der Waals surface area contributed by atoms with Gasteiger partial charge >= 0.3 is 0 Å². The molecule has 0 aliphatic rings. The molecule has 0 N–H and O–H groups in total. The van der Waals surface area contributed by atoms with Gasteiger partial charge < -0.3 is 4.74 Å². The maximum absolute atomic E-state index is 8.33. The normalized spacial score (nSPS) is 9.75. The lowest BCUT2D eigenvalue weighted by molar-refractivity contribution is 0.304. The summed E-state index contributed by atoms with van der Waals surface area (Å²) in [6.45, 7) is 0.736. The second kappa shape index (κ2) is 8.49. The summed E-state index contributed by atoms with van der Waals surface area (Å²) in [6.07, 6.45) is 3.23. The van der Waals surface area contributed by atoms with Gasteiger partial charge in [-0.05, 0) is 59.1 Å². The Bertz CT molecular complexity index is 351. The van der Waals surface area contributed by atoms with Gasteiger partial charge in [-0.1, -0.05) is 12.1 Å². The van der Waals surface area contributed by atoms with Gasteiger partial charge in [-0.3, -0.25) is 0 Å². The number of rotatable bonds is 7. The lowest BCUT2D eigenvalue weighted by Gasteiger charge is -2.07. The SMILES string of the molecule is N#CSCCCCCOc1ccccc1Br. The molecule has 16 heavy (non-hydrogen) atoms. The number of hydrogen-bond acceptors (Lipinski definition) is 3. The molecular weight excluding hydrogens is 286 g/mol. The number of unbranched alkanes of at least 4 members (excludes halogenated alkanes) is 2. The molecular formula is C12H14BrNOS. The summed E-state index contributed by atoms with van der Waals surface area (Å²) in [5, 5.41) is 10.4. The highest BCUT2D eigenvalue weighted by Crippen LogP contribution is 2.23. The average molecular weight is 300 g/mol. The van der Waals surface area contributed by atoms with Crippen molar-refractivity contribution in [3.8, 4) is 11.2 Å². The Hall–Kier alpha value is -0.660. The van der Waals surface area contributed by atoms with Crippen molar-refractivity contribution in [2.75, 3.05) is 12.4 Å². The summed E-state index contributed by atoms with van der Waals surface area (Å²) in [4.78, 5) is 0.